The molecule has 0 unspecified atom stereocenters. The summed E-state index contributed by atoms with van der Waals surface area (Å²) in [6.45, 7) is 6.21. The summed E-state index contributed by atoms with van der Waals surface area (Å²) < 4.78 is 41.2. The van der Waals surface area contributed by atoms with Gasteiger partial charge in [0.2, 0.25) is 10.0 Å². The highest BCUT2D eigenvalue weighted by molar-refractivity contribution is 9.10. The molecule has 0 atom stereocenters. The van der Waals surface area contributed by atoms with Gasteiger partial charge < -0.3 is 0 Å². The smallest absolute Gasteiger partial charge is 0.207 e. The van der Waals surface area contributed by atoms with Crippen molar-refractivity contribution >= 4 is 37.6 Å². The van der Waals surface area contributed by atoms with Gasteiger partial charge in [0.15, 0.2) is 0 Å². The van der Waals surface area contributed by atoms with E-state index in [0.29, 0.717) is 17.6 Å². The van der Waals surface area contributed by atoms with Gasteiger partial charge in [-0.2, -0.15) is 4.31 Å². The van der Waals surface area contributed by atoms with Crippen LogP contribution in [0.2, 0.25) is 0 Å². The third-order valence-electron chi connectivity index (χ3n) is 2.76. The van der Waals surface area contributed by atoms with Gasteiger partial charge in [-0.25, -0.2) is 12.8 Å². The van der Waals surface area contributed by atoms with E-state index in [9.17, 15) is 12.8 Å². The number of sulfonamides is 1. The molecule has 1 aromatic carbocycles. The molecule has 0 amide bonds. The first-order valence-electron chi connectivity index (χ1n) is 6.28. The molecule has 0 spiro atoms. The molecular weight excluding hydrogens is 369 g/mol. The average molecular weight is 387 g/mol. The largest absolute Gasteiger partial charge is 0.246 e. The Labute approximate surface area is 133 Å². The summed E-state index contributed by atoms with van der Waals surface area (Å²) in [5.41, 5.74) is 0.167. The van der Waals surface area contributed by atoms with Crippen molar-refractivity contribution in [2.75, 3.05) is 13.1 Å². The highest BCUT2D eigenvalue weighted by atomic mass is 79.9. The molecule has 1 rings (SSSR count). The molecule has 0 heterocycles. The van der Waals surface area contributed by atoms with Crippen LogP contribution in [-0.2, 0) is 15.9 Å². The Kier molecular flexibility index (Phi) is 6.44. The van der Waals surface area contributed by atoms with Crippen molar-refractivity contribution in [1.82, 2.24) is 4.31 Å². The zero-order valence-electron chi connectivity index (χ0n) is 11.7. The van der Waals surface area contributed by atoms with E-state index in [0.717, 1.165) is 0 Å². The normalized spacial score (nSPS) is 12.4. The van der Waals surface area contributed by atoms with E-state index < -0.39 is 15.8 Å². The van der Waals surface area contributed by atoms with Gasteiger partial charge in [-0.3, -0.25) is 0 Å². The molecule has 3 nitrogen and oxygen atoms in total. The number of rotatable bonds is 6. The predicted molar refractivity (Wildman–Crippen MR) is 82.9 cm³/mol. The summed E-state index contributed by atoms with van der Waals surface area (Å²) in [6.07, 6.45) is 0. The highest BCUT2D eigenvalue weighted by Gasteiger charge is 2.28. The molecule has 0 aliphatic heterocycles. The van der Waals surface area contributed by atoms with Crippen LogP contribution >= 0.6 is 27.5 Å². The van der Waals surface area contributed by atoms with Gasteiger partial charge in [0.05, 0.1) is 5.88 Å². The topological polar surface area (TPSA) is 37.4 Å². The average Bonchev–Trinajstić information content (AvgIpc) is 2.37. The highest BCUT2D eigenvalue weighted by Crippen LogP contribution is 2.27. The first-order valence-corrected chi connectivity index (χ1v) is 9.04. The molecule has 0 saturated heterocycles. The number of hydrogen-bond donors (Lipinski definition) is 0. The molecule has 0 radical (unpaired) electrons. The zero-order chi connectivity index (χ0) is 15.5. The van der Waals surface area contributed by atoms with Crippen LogP contribution in [0.1, 0.15) is 26.3 Å². The van der Waals surface area contributed by atoms with E-state index in [-0.39, 0.29) is 22.3 Å². The van der Waals surface area contributed by atoms with E-state index in [2.05, 4.69) is 15.9 Å². The minimum atomic E-state index is -3.86. The fourth-order valence-corrected chi connectivity index (χ4v) is 4.44. The van der Waals surface area contributed by atoms with Crippen LogP contribution in [0.4, 0.5) is 4.39 Å². The van der Waals surface area contributed by atoms with Crippen LogP contribution in [-0.4, -0.2) is 25.8 Å². The van der Waals surface area contributed by atoms with Crippen LogP contribution in [0.3, 0.4) is 0 Å². The predicted octanol–water partition coefficient (Wildman–Crippen LogP) is 3.99. The van der Waals surface area contributed by atoms with E-state index in [4.69, 9.17) is 11.6 Å². The molecule has 0 N–H and O–H groups in total. The number of halogens is 3. The van der Waals surface area contributed by atoms with Crippen LogP contribution in [0.15, 0.2) is 21.5 Å². The van der Waals surface area contributed by atoms with Gasteiger partial charge >= 0.3 is 0 Å². The molecule has 0 aliphatic rings. The third kappa shape index (κ3) is 3.93. The molecule has 20 heavy (non-hydrogen) atoms. The van der Waals surface area contributed by atoms with Crippen molar-refractivity contribution in [1.29, 1.82) is 0 Å². The van der Waals surface area contributed by atoms with Gasteiger partial charge in [0.25, 0.3) is 0 Å². The molecule has 0 fully saturated rings. The summed E-state index contributed by atoms with van der Waals surface area (Å²) in [7, 11) is -3.86. The first kappa shape index (κ1) is 17.9. The van der Waals surface area contributed by atoms with Crippen molar-refractivity contribution in [2.24, 2.45) is 5.92 Å². The molecule has 1 aromatic rings. The number of nitrogens with zero attached hydrogens (tertiary/aromatic N) is 1. The summed E-state index contributed by atoms with van der Waals surface area (Å²) >= 11 is 8.85. The first-order chi connectivity index (χ1) is 9.23. The minimum absolute atomic E-state index is 0.0793. The van der Waals surface area contributed by atoms with Crippen molar-refractivity contribution in [3.8, 4) is 0 Å². The van der Waals surface area contributed by atoms with Crippen LogP contribution in [0, 0.1) is 11.7 Å². The van der Waals surface area contributed by atoms with E-state index in [1.165, 1.54) is 16.4 Å². The van der Waals surface area contributed by atoms with Crippen LogP contribution < -0.4 is 0 Å². The Morgan fingerprint density at radius 3 is 2.45 bits per heavy atom. The van der Waals surface area contributed by atoms with Crippen LogP contribution in [0.5, 0.6) is 0 Å². The van der Waals surface area contributed by atoms with E-state index in [1.807, 2.05) is 13.8 Å². The lowest BCUT2D eigenvalue weighted by Gasteiger charge is -2.23. The number of benzene rings is 1. The second kappa shape index (κ2) is 7.20. The summed E-state index contributed by atoms with van der Waals surface area (Å²) in [5, 5.41) is 0. The lowest BCUT2D eigenvalue weighted by Crippen LogP contribution is -2.34. The van der Waals surface area contributed by atoms with E-state index >= 15 is 0 Å². The lowest BCUT2D eigenvalue weighted by molar-refractivity contribution is 0.378. The zero-order valence-corrected chi connectivity index (χ0v) is 14.8. The van der Waals surface area contributed by atoms with Gasteiger partial charge in [-0.1, -0.05) is 36.7 Å². The second-order valence-corrected chi connectivity index (χ2v) is 7.95. The molecule has 114 valence electrons. The molecule has 0 saturated carbocycles. The quantitative estimate of drug-likeness (QED) is 0.693. The molecule has 0 bridgehead atoms. The maximum Gasteiger partial charge on any atom is 0.246 e. The van der Waals surface area contributed by atoms with Gasteiger partial charge in [-0.15, -0.1) is 11.6 Å². The van der Waals surface area contributed by atoms with Crippen molar-refractivity contribution in [3.63, 3.8) is 0 Å². The Balaban J connectivity index is 3.37. The summed E-state index contributed by atoms with van der Waals surface area (Å²) in [6, 6.07) is 2.77. The van der Waals surface area contributed by atoms with Gasteiger partial charge in [-0.05, 0) is 18.1 Å². The standard InChI is InChI=1S/C13H18BrClFNO2S/c1-4-17(8-9(2)3)20(18,19)12-6-11(14)5-10(7-15)13(12)16/h5-6,9H,4,7-8H2,1-3H3. The number of hydrogen-bond acceptors (Lipinski definition) is 2. The summed E-state index contributed by atoms with van der Waals surface area (Å²) in [5.74, 6) is -0.692. The van der Waals surface area contributed by atoms with Gasteiger partial charge in [0.1, 0.15) is 10.7 Å². The maximum absolute atomic E-state index is 14.3. The SMILES string of the molecule is CCN(CC(C)C)S(=O)(=O)c1cc(Br)cc(CCl)c1F. The summed E-state index contributed by atoms with van der Waals surface area (Å²) in [4.78, 5) is -0.329. The Bertz CT molecular complexity index is 578. The van der Waals surface area contributed by atoms with Crippen molar-refractivity contribution in [3.05, 3.63) is 28.0 Å². The monoisotopic (exact) mass is 385 g/mol. The Morgan fingerprint density at radius 2 is 2.00 bits per heavy atom. The Hall–Kier alpha value is -0.170. The van der Waals surface area contributed by atoms with E-state index in [1.54, 1.807) is 6.92 Å². The number of alkyl halides is 1. The fraction of sp³-hybridized carbons (Fsp3) is 0.538. The lowest BCUT2D eigenvalue weighted by atomic mass is 10.2. The molecule has 0 aliphatic carbocycles. The fourth-order valence-electron chi connectivity index (χ4n) is 1.85. The molecule has 7 heteroatoms. The van der Waals surface area contributed by atoms with Crippen LogP contribution in [0.25, 0.3) is 0 Å². The minimum Gasteiger partial charge on any atom is -0.207 e. The second-order valence-electron chi connectivity index (χ2n) is 4.86. The maximum atomic E-state index is 14.3. The van der Waals surface area contributed by atoms with Crippen molar-refractivity contribution < 1.29 is 12.8 Å². The Morgan fingerprint density at radius 1 is 1.40 bits per heavy atom. The van der Waals surface area contributed by atoms with Gasteiger partial charge in [0, 0.05) is 23.1 Å². The van der Waals surface area contributed by atoms with Crippen molar-refractivity contribution in [2.45, 2.75) is 31.5 Å². The molecular formula is C13H18BrClFNO2S. The molecule has 0 aromatic heterocycles. The third-order valence-corrected chi connectivity index (χ3v) is 5.45.